The second-order valence-corrected chi connectivity index (χ2v) is 7.75. The molecule has 0 saturated heterocycles. The van der Waals surface area contributed by atoms with Gasteiger partial charge in [0.1, 0.15) is 5.75 Å². The minimum absolute atomic E-state index is 0.615. The number of hydrogen-bond donors (Lipinski definition) is 1. The number of benzene rings is 1. The van der Waals surface area contributed by atoms with Crippen LogP contribution in [-0.2, 0) is 20.0 Å². The summed E-state index contributed by atoms with van der Waals surface area (Å²) in [7, 11) is 5.79. The highest BCUT2D eigenvalue weighted by atomic mass is 16.5. The van der Waals surface area contributed by atoms with Crippen molar-refractivity contribution in [1.29, 1.82) is 0 Å². The zero-order valence-corrected chi connectivity index (χ0v) is 19.5. The highest BCUT2D eigenvalue weighted by molar-refractivity contribution is 5.79. The van der Waals surface area contributed by atoms with Gasteiger partial charge in [0.2, 0.25) is 11.7 Å². The Labute approximate surface area is 190 Å². The normalized spacial score (nSPS) is 11.6. The molecular formula is C24H34N6O2. The first-order valence-corrected chi connectivity index (χ1v) is 11.2. The number of guanidine groups is 1. The molecular weight excluding hydrogens is 404 g/mol. The highest BCUT2D eigenvalue weighted by Crippen LogP contribution is 2.20. The minimum atomic E-state index is 0.615. The monoisotopic (exact) mass is 438 g/mol. The fraction of sp³-hybridized carbons (Fsp3) is 0.458. The van der Waals surface area contributed by atoms with Gasteiger partial charge in [-0.05, 0) is 56.2 Å². The smallest absolute Gasteiger partial charge is 0.226 e. The van der Waals surface area contributed by atoms with Gasteiger partial charge < -0.3 is 24.0 Å². The fourth-order valence-electron chi connectivity index (χ4n) is 3.41. The molecule has 0 aliphatic carbocycles. The van der Waals surface area contributed by atoms with Gasteiger partial charge in [-0.3, -0.25) is 4.99 Å². The van der Waals surface area contributed by atoms with E-state index in [1.54, 1.807) is 7.11 Å². The van der Waals surface area contributed by atoms with E-state index >= 15 is 0 Å². The third-order valence-corrected chi connectivity index (χ3v) is 5.27. The maximum absolute atomic E-state index is 5.40. The summed E-state index contributed by atoms with van der Waals surface area (Å²) in [5, 5.41) is 7.47. The van der Waals surface area contributed by atoms with Gasteiger partial charge in [0.15, 0.2) is 5.96 Å². The number of unbranched alkanes of at least 4 members (excludes halogenated alkanes) is 2. The number of aryl methyl sites for hydroxylation is 2. The van der Waals surface area contributed by atoms with E-state index in [-0.39, 0.29) is 0 Å². The molecule has 1 N–H and O–H groups in total. The van der Waals surface area contributed by atoms with E-state index in [1.807, 2.05) is 24.3 Å². The highest BCUT2D eigenvalue weighted by Gasteiger charge is 2.10. The predicted molar refractivity (Wildman–Crippen MR) is 127 cm³/mol. The lowest BCUT2D eigenvalue weighted by molar-refractivity contribution is 0.374. The molecule has 0 saturated carbocycles. The quantitative estimate of drug-likeness (QED) is 0.278. The van der Waals surface area contributed by atoms with E-state index in [1.165, 1.54) is 5.69 Å². The van der Waals surface area contributed by atoms with Crippen LogP contribution >= 0.6 is 0 Å². The van der Waals surface area contributed by atoms with Crippen LogP contribution in [0.2, 0.25) is 0 Å². The number of ether oxygens (including phenoxy) is 1. The number of aromatic nitrogens is 3. The standard InChI is InChI=1S/C24H34N6O2/c1-5-25-24(30(3)18-20-10-9-17-29(20)2)26-16-8-6-7-11-22-27-23(28-32-22)19-12-14-21(31-4)15-13-19/h9-10,12-15,17H,5-8,11,16,18H2,1-4H3,(H,25,26). The first-order chi connectivity index (χ1) is 15.6. The van der Waals surface area contributed by atoms with Crippen molar-refractivity contribution in [2.45, 2.75) is 39.2 Å². The van der Waals surface area contributed by atoms with Crippen LogP contribution in [0.3, 0.4) is 0 Å². The molecule has 8 heteroatoms. The first kappa shape index (κ1) is 23.4. The maximum atomic E-state index is 5.40. The van der Waals surface area contributed by atoms with Crippen LogP contribution in [0, 0.1) is 0 Å². The van der Waals surface area contributed by atoms with Crippen LogP contribution < -0.4 is 10.1 Å². The van der Waals surface area contributed by atoms with Crippen LogP contribution in [0.5, 0.6) is 5.75 Å². The van der Waals surface area contributed by atoms with Crippen LogP contribution in [-0.4, -0.2) is 52.8 Å². The number of nitrogens with one attached hydrogen (secondary N) is 1. The number of methoxy groups -OCH3 is 1. The number of nitrogens with zero attached hydrogens (tertiary/aromatic N) is 5. The molecule has 172 valence electrons. The average molecular weight is 439 g/mol. The van der Waals surface area contributed by atoms with Gasteiger partial charge in [-0.1, -0.05) is 11.6 Å². The molecule has 0 unspecified atom stereocenters. The Morgan fingerprint density at radius 3 is 2.69 bits per heavy atom. The molecule has 3 aromatic rings. The Morgan fingerprint density at radius 2 is 2.00 bits per heavy atom. The zero-order valence-electron chi connectivity index (χ0n) is 19.5. The van der Waals surface area contributed by atoms with Crippen molar-refractivity contribution >= 4 is 5.96 Å². The second kappa shape index (κ2) is 11.9. The van der Waals surface area contributed by atoms with Gasteiger partial charge in [-0.25, -0.2) is 0 Å². The predicted octanol–water partition coefficient (Wildman–Crippen LogP) is 3.89. The van der Waals surface area contributed by atoms with Crippen molar-refractivity contribution in [2.24, 2.45) is 12.0 Å². The minimum Gasteiger partial charge on any atom is -0.497 e. The summed E-state index contributed by atoms with van der Waals surface area (Å²) in [6, 6.07) is 11.9. The molecule has 32 heavy (non-hydrogen) atoms. The molecule has 3 rings (SSSR count). The van der Waals surface area contributed by atoms with E-state index in [4.69, 9.17) is 14.3 Å². The van der Waals surface area contributed by atoms with Crippen LogP contribution in [0.4, 0.5) is 0 Å². The summed E-state index contributed by atoms with van der Waals surface area (Å²) >= 11 is 0. The van der Waals surface area contributed by atoms with Gasteiger partial charge in [0, 0.05) is 51.1 Å². The average Bonchev–Trinajstić information content (AvgIpc) is 3.44. The Kier molecular flexibility index (Phi) is 8.71. The SMILES string of the molecule is CCNC(=NCCCCCc1nc(-c2ccc(OC)cc2)no1)N(C)Cc1cccn1C. The Morgan fingerprint density at radius 1 is 1.19 bits per heavy atom. The lowest BCUT2D eigenvalue weighted by Gasteiger charge is -2.22. The maximum Gasteiger partial charge on any atom is 0.226 e. The number of hydrogen-bond acceptors (Lipinski definition) is 5. The molecule has 0 spiro atoms. The number of rotatable bonds is 11. The van der Waals surface area contributed by atoms with Gasteiger partial charge in [0.25, 0.3) is 0 Å². The van der Waals surface area contributed by atoms with Gasteiger partial charge in [-0.2, -0.15) is 4.98 Å². The largest absolute Gasteiger partial charge is 0.497 e. The lowest BCUT2D eigenvalue weighted by Crippen LogP contribution is -2.38. The van der Waals surface area contributed by atoms with Crippen LogP contribution in [0.15, 0.2) is 52.1 Å². The zero-order chi connectivity index (χ0) is 22.8. The summed E-state index contributed by atoms with van der Waals surface area (Å²) in [5.74, 6) is 3.04. The molecule has 0 aliphatic heterocycles. The van der Waals surface area contributed by atoms with Crippen molar-refractivity contribution < 1.29 is 9.26 Å². The number of aliphatic imine (C=N–C) groups is 1. The molecule has 0 bridgehead atoms. The lowest BCUT2D eigenvalue weighted by atomic mass is 10.2. The van der Waals surface area contributed by atoms with Crippen molar-refractivity contribution in [3.8, 4) is 17.1 Å². The summed E-state index contributed by atoms with van der Waals surface area (Å²) in [6.45, 7) is 4.56. The molecule has 2 aromatic heterocycles. The molecule has 2 heterocycles. The van der Waals surface area contributed by atoms with E-state index in [2.05, 4.69) is 64.3 Å². The summed E-state index contributed by atoms with van der Waals surface area (Å²) in [4.78, 5) is 11.5. The van der Waals surface area contributed by atoms with Gasteiger partial charge >= 0.3 is 0 Å². The molecule has 0 atom stereocenters. The van der Waals surface area contributed by atoms with Crippen LogP contribution in [0.25, 0.3) is 11.4 Å². The van der Waals surface area contributed by atoms with Crippen molar-refractivity contribution in [1.82, 2.24) is 24.9 Å². The van der Waals surface area contributed by atoms with Crippen molar-refractivity contribution in [3.05, 3.63) is 54.2 Å². The summed E-state index contributed by atoms with van der Waals surface area (Å²) in [5.41, 5.74) is 2.18. The Hall–Kier alpha value is -3.29. The molecule has 0 aliphatic rings. The van der Waals surface area contributed by atoms with Crippen LogP contribution in [0.1, 0.15) is 37.8 Å². The fourth-order valence-corrected chi connectivity index (χ4v) is 3.41. The third kappa shape index (κ3) is 6.60. The molecule has 0 fully saturated rings. The summed E-state index contributed by atoms with van der Waals surface area (Å²) < 4.78 is 12.7. The van der Waals surface area contributed by atoms with E-state index in [9.17, 15) is 0 Å². The molecule has 0 radical (unpaired) electrons. The molecule has 0 amide bonds. The first-order valence-electron chi connectivity index (χ1n) is 11.2. The topological polar surface area (TPSA) is 80.7 Å². The van der Waals surface area contributed by atoms with Gasteiger partial charge in [0.05, 0.1) is 13.7 Å². The Bertz CT molecular complexity index is 977. The molecule has 1 aromatic carbocycles. The van der Waals surface area contributed by atoms with E-state index in [0.29, 0.717) is 11.7 Å². The third-order valence-electron chi connectivity index (χ3n) is 5.27. The van der Waals surface area contributed by atoms with Crippen molar-refractivity contribution in [3.63, 3.8) is 0 Å². The van der Waals surface area contributed by atoms with E-state index in [0.717, 1.165) is 62.6 Å². The van der Waals surface area contributed by atoms with Gasteiger partial charge in [-0.15, -0.1) is 0 Å². The molecule has 8 nitrogen and oxygen atoms in total. The second-order valence-electron chi connectivity index (χ2n) is 7.75. The van der Waals surface area contributed by atoms with E-state index < -0.39 is 0 Å². The Balaban J connectivity index is 1.41. The summed E-state index contributed by atoms with van der Waals surface area (Å²) in [6.07, 6.45) is 5.92. The van der Waals surface area contributed by atoms with Crippen molar-refractivity contribution in [2.75, 3.05) is 27.2 Å².